The van der Waals surface area contributed by atoms with Crippen molar-refractivity contribution in [3.63, 3.8) is 0 Å². The quantitative estimate of drug-likeness (QED) is 0.806. The summed E-state index contributed by atoms with van der Waals surface area (Å²) >= 11 is 0. The largest absolute Gasteiger partial charge is 0.354 e. The number of carbonyl (C=O) groups excluding carboxylic acids is 1. The third-order valence-corrected chi connectivity index (χ3v) is 2.67. The van der Waals surface area contributed by atoms with Crippen molar-refractivity contribution in [3.05, 3.63) is 35.9 Å². The van der Waals surface area contributed by atoms with Crippen LogP contribution in [0.3, 0.4) is 0 Å². The SMILES string of the molecule is CC(N)C(=O)NCC(C)(C)c1ccccc1. The van der Waals surface area contributed by atoms with Crippen LogP contribution in [0.4, 0.5) is 0 Å². The van der Waals surface area contributed by atoms with E-state index < -0.39 is 6.04 Å². The van der Waals surface area contributed by atoms with E-state index in [1.807, 2.05) is 18.2 Å². The zero-order valence-corrected chi connectivity index (χ0v) is 10.2. The lowest BCUT2D eigenvalue weighted by atomic mass is 9.84. The molecule has 3 N–H and O–H groups in total. The van der Waals surface area contributed by atoms with Crippen LogP contribution in [0.5, 0.6) is 0 Å². The normalized spacial score (nSPS) is 13.2. The molecule has 0 aliphatic heterocycles. The fourth-order valence-electron chi connectivity index (χ4n) is 1.46. The van der Waals surface area contributed by atoms with Crippen molar-refractivity contribution < 1.29 is 4.79 Å². The molecule has 0 fully saturated rings. The molecule has 1 atom stereocenters. The summed E-state index contributed by atoms with van der Waals surface area (Å²) in [6.45, 7) is 6.48. The fraction of sp³-hybridized carbons (Fsp3) is 0.462. The number of carbonyl (C=O) groups is 1. The Morgan fingerprint density at radius 2 is 1.94 bits per heavy atom. The molecule has 0 bridgehead atoms. The lowest BCUT2D eigenvalue weighted by Crippen LogP contribution is -2.43. The second kappa shape index (κ2) is 5.12. The minimum absolute atomic E-state index is 0.0776. The Morgan fingerprint density at radius 3 is 2.44 bits per heavy atom. The fourth-order valence-corrected chi connectivity index (χ4v) is 1.46. The average molecular weight is 220 g/mol. The first-order valence-corrected chi connectivity index (χ1v) is 5.52. The van der Waals surface area contributed by atoms with Gasteiger partial charge in [0.1, 0.15) is 0 Å². The maximum absolute atomic E-state index is 11.4. The number of nitrogens with one attached hydrogen (secondary N) is 1. The number of rotatable bonds is 4. The van der Waals surface area contributed by atoms with Crippen molar-refractivity contribution in [1.29, 1.82) is 0 Å². The molecule has 1 aromatic carbocycles. The average Bonchev–Trinajstić information content (AvgIpc) is 2.27. The lowest BCUT2D eigenvalue weighted by Gasteiger charge is -2.26. The number of hydrogen-bond acceptors (Lipinski definition) is 2. The van der Waals surface area contributed by atoms with Gasteiger partial charge in [0.05, 0.1) is 6.04 Å². The minimum atomic E-state index is -0.452. The molecule has 16 heavy (non-hydrogen) atoms. The molecule has 0 aliphatic rings. The summed E-state index contributed by atoms with van der Waals surface area (Å²) in [5.74, 6) is -0.107. The van der Waals surface area contributed by atoms with Crippen molar-refractivity contribution in [2.45, 2.75) is 32.2 Å². The summed E-state index contributed by atoms with van der Waals surface area (Å²) in [6.07, 6.45) is 0. The molecule has 0 saturated carbocycles. The summed E-state index contributed by atoms with van der Waals surface area (Å²) < 4.78 is 0. The molecule has 88 valence electrons. The van der Waals surface area contributed by atoms with Gasteiger partial charge >= 0.3 is 0 Å². The molecule has 3 nitrogen and oxygen atoms in total. The second-order valence-corrected chi connectivity index (χ2v) is 4.76. The molecule has 0 heterocycles. The summed E-state index contributed by atoms with van der Waals surface area (Å²) in [6, 6.07) is 9.68. The molecule has 1 amide bonds. The van der Waals surface area contributed by atoms with Crippen LogP contribution in [0.25, 0.3) is 0 Å². The van der Waals surface area contributed by atoms with Gasteiger partial charge in [-0.05, 0) is 12.5 Å². The third kappa shape index (κ3) is 3.35. The van der Waals surface area contributed by atoms with Crippen LogP contribution in [0.15, 0.2) is 30.3 Å². The van der Waals surface area contributed by atoms with E-state index in [1.54, 1.807) is 6.92 Å². The highest BCUT2D eigenvalue weighted by Crippen LogP contribution is 2.21. The first-order valence-electron chi connectivity index (χ1n) is 5.52. The molecule has 1 unspecified atom stereocenters. The van der Waals surface area contributed by atoms with E-state index in [-0.39, 0.29) is 11.3 Å². The van der Waals surface area contributed by atoms with E-state index in [2.05, 4.69) is 31.3 Å². The van der Waals surface area contributed by atoms with Crippen molar-refractivity contribution in [2.24, 2.45) is 5.73 Å². The van der Waals surface area contributed by atoms with Gasteiger partial charge in [-0.15, -0.1) is 0 Å². The molecule has 3 heteroatoms. The molecular weight excluding hydrogens is 200 g/mol. The first-order chi connectivity index (χ1) is 7.43. The highest BCUT2D eigenvalue weighted by atomic mass is 16.2. The van der Waals surface area contributed by atoms with Crippen LogP contribution in [-0.2, 0) is 10.2 Å². The van der Waals surface area contributed by atoms with Gasteiger partial charge in [-0.25, -0.2) is 0 Å². The van der Waals surface area contributed by atoms with Gasteiger partial charge in [-0.3, -0.25) is 4.79 Å². The van der Waals surface area contributed by atoms with Gasteiger partial charge in [-0.2, -0.15) is 0 Å². The van der Waals surface area contributed by atoms with Crippen molar-refractivity contribution in [1.82, 2.24) is 5.32 Å². The zero-order chi connectivity index (χ0) is 12.2. The van der Waals surface area contributed by atoms with E-state index >= 15 is 0 Å². The summed E-state index contributed by atoms with van der Waals surface area (Å²) in [7, 11) is 0. The van der Waals surface area contributed by atoms with E-state index in [4.69, 9.17) is 5.73 Å². The molecule has 0 spiro atoms. The van der Waals surface area contributed by atoms with Crippen LogP contribution >= 0.6 is 0 Å². The lowest BCUT2D eigenvalue weighted by molar-refractivity contribution is -0.122. The van der Waals surface area contributed by atoms with E-state index in [0.29, 0.717) is 6.54 Å². The minimum Gasteiger partial charge on any atom is -0.354 e. The van der Waals surface area contributed by atoms with Crippen LogP contribution < -0.4 is 11.1 Å². The number of amides is 1. The van der Waals surface area contributed by atoms with Gasteiger partial charge in [0.2, 0.25) is 5.91 Å². The highest BCUT2D eigenvalue weighted by Gasteiger charge is 2.21. The maximum atomic E-state index is 11.4. The van der Waals surface area contributed by atoms with E-state index in [1.165, 1.54) is 5.56 Å². The summed E-state index contributed by atoms with van der Waals surface area (Å²) in [5.41, 5.74) is 6.62. The molecular formula is C13H20N2O. The molecule has 1 aromatic rings. The van der Waals surface area contributed by atoms with Crippen molar-refractivity contribution >= 4 is 5.91 Å². The maximum Gasteiger partial charge on any atom is 0.236 e. The highest BCUT2D eigenvalue weighted by molar-refractivity contribution is 5.81. The Labute approximate surface area is 97.0 Å². The predicted molar refractivity (Wildman–Crippen MR) is 66.1 cm³/mol. The van der Waals surface area contributed by atoms with Gasteiger partial charge in [0.25, 0.3) is 0 Å². The monoisotopic (exact) mass is 220 g/mol. The summed E-state index contributed by atoms with van der Waals surface area (Å²) in [4.78, 5) is 11.4. The Balaban J connectivity index is 2.63. The standard InChI is InChI=1S/C13H20N2O/c1-10(14)12(16)15-9-13(2,3)11-7-5-4-6-8-11/h4-8,10H,9,14H2,1-3H3,(H,15,16). The van der Waals surface area contributed by atoms with Crippen molar-refractivity contribution in [3.8, 4) is 0 Å². The number of nitrogens with two attached hydrogens (primary N) is 1. The third-order valence-electron chi connectivity index (χ3n) is 2.67. The van der Waals surface area contributed by atoms with E-state index in [9.17, 15) is 4.79 Å². The van der Waals surface area contributed by atoms with Crippen LogP contribution in [0, 0.1) is 0 Å². The predicted octanol–water partition coefficient (Wildman–Crippen LogP) is 1.43. The Bertz CT molecular complexity index is 344. The Hall–Kier alpha value is -1.35. The van der Waals surface area contributed by atoms with Gasteiger partial charge < -0.3 is 11.1 Å². The Morgan fingerprint density at radius 1 is 1.38 bits per heavy atom. The van der Waals surface area contributed by atoms with E-state index in [0.717, 1.165) is 0 Å². The number of hydrogen-bond donors (Lipinski definition) is 2. The van der Waals surface area contributed by atoms with Gasteiger partial charge in [0.15, 0.2) is 0 Å². The Kier molecular flexibility index (Phi) is 4.07. The van der Waals surface area contributed by atoms with Gasteiger partial charge in [-0.1, -0.05) is 44.2 Å². The zero-order valence-electron chi connectivity index (χ0n) is 10.2. The molecule has 1 rings (SSSR count). The first kappa shape index (κ1) is 12.7. The molecule has 0 saturated heterocycles. The van der Waals surface area contributed by atoms with Gasteiger partial charge in [0, 0.05) is 12.0 Å². The summed E-state index contributed by atoms with van der Waals surface area (Å²) in [5, 5.41) is 2.86. The number of benzene rings is 1. The van der Waals surface area contributed by atoms with Crippen molar-refractivity contribution in [2.75, 3.05) is 6.54 Å². The smallest absolute Gasteiger partial charge is 0.236 e. The van der Waals surface area contributed by atoms with Crippen LogP contribution in [0.1, 0.15) is 26.3 Å². The topological polar surface area (TPSA) is 55.1 Å². The second-order valence-electron chi connectivity index (χ2n) is 4.76. The van der Waals surface area contributed by atoms with Crippen LogP contribution in [-0.4, -0.2) is 18.5 Å². The molecule has 0 aromatic heterocycles. The molecule has 0 aliphatic carbocycles. The molecule has 0 radical (unpaired) electrons. The van der Waals surface area contributed by atoms with Crippen LogP contribution in [0.2, 0.25) is 0 Å².